The van der Waals surface area contributed by atoms with Gasteiger partial charge in [0.2, 0.25) is 0 Å². The number of Topliss-reactive ketones (excluding diaryl/α,β-unsaturated/α-hetero) is 1. The Balaban J connectivity index is 1.79. The van der Waals surface area contributed by atoms with Crippen LogP contribution in [0.15, 0.2) is 53.6 Å². The van der Waals surface area contributed by atoms with E-state index in [-0.39, 0.29) is 41.2 Å². The van der Waals surface area contributed by atoms with Gasteiger partial charge in [0.1, 0.15) is 11.4 Å². The van der Waals surface area contributed by atoms with Crippen LogP contribution in [0.3, 0.4) is 0 Å². The van der Waals surface area contributed by atoms with Crippen molar-refractivity contribution in [3.05, 3.63) is 70.4 Å². The first-order valence-electron chi connectivity index (χ1n) is 9.03. The van der Waals surface area contributed by atoms with Crippen LogP contribution in [-0.2, 0) is 0 Å². The lowest BCUT2D eigenvalue weighted by Crippen LogP contribution is -2.17. The minimum absolute atomic E-state index is 0.0293. The maximum atomic E-state index is 12.7. The lowest BCUT2D eigenvalue weighted by molar-refractivity contribution is -0.274. The van der Waals surface area contributed by atoms with Gasteiger partial charge < -0.3 is 9.72 Å². The number of aromatic amines is 1. The van der Waals surface area contributed by atoms with E-state index in [9.17, 15) is 22.8 Å². The molecular weight excluding hydrogens is 401 g/mol. The van der Waals surface area contributed by atoms with E-state index in [0.29, 0.717) is 12.0 Å². The summed E-state index contributed by atoms with van der Waals surface area (Å²) in [5.74, 6) is -0.725. The van der Waals surface area contributed by atoms with Crippen LogP contribution in [0.5, 0.6) is 5.75 Å². The third-order valence-corrected chi connectivity index (χ3v) is 4.31. The molecule has 1 aromatic carbocycles. The SMILES string of the molecule is CC[C@@H](CC(=O)c1cc(=O)[nH]c(-c2ncccn2)n1)c1ccc(OC(F)(F)F)cc1. The van der Waals surface area contributed by atoms with Gasteiger partial charge in [-0.25, -0.2) is 15.0 Å². The molecular formula is C20H17F3N4O3. The number of aromatic nitrogens is 4. The summed E-state index contributed by atoms with van der Waals surface area (Å²) < 4.78 is 40.8. The van der Waals surface area contributed by atoms with E-state index in [0.717, 1.165) is 6.07 Å². The quantitative estimate of drug-likeness (QED) is 0.585. The first-order chi connectivity index (χ1) is 14.2. The van der Waals surface area contributed by atoms with Gasteiger partial charge in [-0.2, -0.15) is 0 Å². The number of rotatable bonds is 7. The van der Waals surface area contributed by atoms with E-state index in [1.807, 2.05) is 6.92 Å². The molecule has 1 atom stereocenters. The Labute approximate surface area is 169 Å². The van der Waals surface area contributed by atoms with E-state index < -0.39 is 11.9 Å². The Hall–Kier alpha value is -3.56. The molecule has 0 fully saturated rings. The molecule has 7 nitrogen and oxygen atoms in total. The smallest absolute Gasteiger partial charge is 0.406 e. The van der Waals surface area contributed by atoms with E-state index >= 15 is 0 Å². The summed E-state index contributed by atoms with van der Waals surface area (Å²) >= 11 is 0. The molecule has 0 radical (unpaired) electrons. The summed E-state index contributed by atoms with van der Waals surface area (Å²) in [4.78, 5) is 39.4. The van der Waals surface area contributed by atoms with Crippen LogP contribution < -0.4 is 10.3 Å². The number of H-pyrrole nitrogens is 1. The number of ketones is 1. The molecule has 0 amide bonds. The number of hydrogen-bond donors (Lipinski definition) is 1. The number of nitrogens with zero attached hydrogens (tertiary/aromatic N) is 3. The maximum absolute atomic E-state index is 12.7. The molecule has 0 aliphatic rings. The minimum atomic E-state index is -4.77. The molecule has 156 valence electrons. The van der Waals surface area contributed by atoms with Gasteiger partial charge in [-0.3, -0.25) is 9.59 Å². The van der Waals surface area contributed by atoms with E-state index in [4.69, 9.17) is 0 Å². The molecule has 1 N–H and O–H groups in total. The maximum Gasteiger partial charge on any atom is 0.573 e. The second kappa shape index (κ2) is 8.85. The zero-order valence-electron chi connectivity index (χ0n) is 15.8. The van der Waals surface area contributed by atoms with Gasteiger partial charge >= 0.3 is 6.36 Å². The van der Waals surface area contributed by atoms with Crippen LogP contribution >= 0.6 is 0 Å². The Morgan fingerprint density at radius 2 is 1.83 bits per heavy atom. The van der Waals surface area contributed by atoms with E-state index in [2.05, 4.69) is 24.7 Å². The van der Waals surface area contributed by atoms with Crippen molar-refractivity contribution in [2.24, 2.45) is 0 Å². The Kier molecular flexibility index (Phi) is 6.24. The molecule has 30 heavy (non-hydrogen) atoms. The molecule has 0 spiro atoms. The lowest BCUT2D eigenvalue weighted by atomic mass is 9.90. The van der Waals surface area contributed by atoms with Gasteiger partial charge in [-0.15, -0.1) is 13.2 Å². The van der Waals surface area contributed by atoms with E-state index in [1.54, 1.807) is 6.07 Å². The first kappa shape index (κ1) is 21.2. The van der Waals surface area contributed by atoms with Crippen LogP contribution in [0.4, 0.5) is 13.2 Å². The number of alkyl halides is 3. The number of benzene rings is 1. The van der Waals surface area contributed by atoms with Crippen molar-refractivity contribution < 1.29 is 22.7 Å². The van der Waals surface area contributed by atoms with Crippen LogP contribution in [0, 0.1) is 0 Å². The summed E-state index contributed by atoms with van der Waals surface area (Å²) in [7, 11) is 0. The monoisotopic (exact) mass is 418 g/mol. The molecule has 0 saturated heterocycles. The highest BCUT2D eigenvalue weighted by Crippen LogP contribution is 2.28. The predicted molar refractivity (Wildman–Crippen MR) is 101 cm³/mol. The number of hydrogen-bond acceptors (Lipinski definition) is 6. The second-order valence-electron chi connectivity index (χ2n) is 6.40. The van der Waals surface area contributed by atoms with Crippen molar-refractivity contribution >= 4 is 5.78 Å². The van der Waals surface area contributed by atoms with Gasteiger partial charge in [-0.1, -0.05) is 19.1 Å². The fourth-order valence-electron chi connectivity index (χ4n) is 2.90. The topological polar surface area (TPSA) is 97.8 Å². The predicted octanol–water partition coefficient (Wildman–Crippen LogP) is 3.89. The summed E-state index contributed by atoms with van der Waals surface area (Å²) in [6.07, 6.45) is -1.22. The van der Waals surface area contributed by atoms with E-state index in [1.165, 1.54) is 36.7 Å². The fourth-order valence-corrected chi connectivity index (χ4v) is 2.90. The van der Waals surface area contributed by atoms with Gasteiger partial charge in [-0.05, 0) is 36.1 Å². The number of halogens is 3. The van der Waals surface area contributed by atoms with Crippen molar-refractivity contribution in [3.8, 4) is 17.4 Å². The Bertz CT molecular complexity index is 1070. The van der Waals surface area contributed by atoms with Gasteiger partial charge in [0, 0.05) is 24.9 Å². The average Bonchev–Trinajstić information content (AvgIpc) is 2.71. The number of carbonyl (C=O) groups excluding carboxylic acids is 1. The molecule has 0 aliphatic carbocycles. The van der Waals surface area contributed by atoms with Crippen LogP contribution in [-0.4, -0.2) is 32.1 Å². The Morgan fingerprint density at radius 1 is 1.17 bits per heavy atom. The molecule has 0 unspecified atom stereocenters. The molecule has 3 aromatic rings. The zero-order valence-corrected chi connectivity index (χ0v) is 15.8. The highest BCUT2D eigenvalue weighted by molar-refractivity contribution is 5.95. The second-order valence-corrected chi connectivity index (χ2v) is 6.40. The van der Waals surface area contributed by atoms with Crippen molar-refractivity contribution in [2.75, 3.05) is 0 Å². The summed E-state index contributed by atoms with van der Waals surface area (Å²) in [5.41, 5.74) is 0.131. The standard InChI is InChI=1S/C20H17F3N4O3/c1-2-12(13-4-6-14(7-5-13)30-20(21,22)23)10-16(28)15-11-17(29)27-19(26-15)18-24-8-3-9-25-18/h3-9,11-12H,2,10H2,1H3,(H,26,27,29)/t12-/m0/s1. The molecule has 2 heterocycles. The molecule has 0 bridgehead atoms. The third-order valence-electron chi connectivity index (χ3n) is 4.31. The summed E-state index contributed by atoms with van der Waals surface area (Å²) in [5, 5.41) is 0. The first-order valence-corrected chi connectivity index (χ1v) is 9.03. The highest BCUT2D eigenvalue weighted by atomic mass is 19.4. The Morgan fingerprint density at radius 3 is 2.43 bits per heavy atom. The number of ether oxygens (including phenoxy) is 1. The largest absolute Gasteiger partial charge is 0.573 e. The van der Waals surface area contributed by atoms with Crippen molar-refractivity contribution in [2.45, 2.75) is 32.0 Å². The van der Waals surface area contributed by atoms with Gasteiger partial charge in [0.25, 0.3) is 5.56 Å². The van der Waals surface area contributed by atoms with Crippen LogP contribution in [0.25, 0.3) is 11.6 Å². The molecule has 2 aromatic heterocycles. The van der Waals surface area contributed by atoms with Crippen LogP contribution in [0.2, 0.25) is 0 Å². The zero-order chi connectivity index (χ0) is 21.7. The molecule has 0 aliphatic heterocycles. The van der Waals surface area contributed by atoms with Crippen molar-refractivity contribution in [1.82, 2.24) is 19.9 Å². The summed E-state index contributed by atoms with van der Waals surface area (Å²) in [6.45, 7) is 1.85. The molecule has 10 heteroatoms. The number of nitrogens with one attached hydrogen (secondary N) is 1. The lowest BCUT2D eigenvalue weighted by Gasteiger charge is -2.15. The van der Waals surface area contributed by atoms with Gasteiger partial charge in [0.05, 0.1) is 0 Å². The third kappa shape index (κ3) is 5.49. The fraction of sp³-hybridized carbons (Fsp3) is 0.250. The normalized spacial score (nSPS) is 12.4. The van der Waals surface area contributed by atoms with Gasteiger partial charge in [0.15, 0.2) is 17.4 Å². The van der Waals surface area contributed by atoms with Crippen molar-refractivity contribution in [3.63, 3.8) is 0 Å². The summed E-state index contributed by atoms with van der Waals surface area (Å²) in [6, 6.07) is 8.07. The molecule has 0 saturated carbocycles. The number of carbonyl (C=O) groups is 1. The van der Waals surface area contributed by atoms with Crippen molar-refractivity contribution in [1.29, 1.82) is 0 Å². The highest BCUT2D eigenvalue weighted by Gasteiger charge is 2.31. The minimum Gasteiger partial charge on any atom is -0.406 e. The van der Waals surface area contributed by atoms with Crippen LogP contribution in [0.1, 0.15) is 41.7 Å². The average molecular weight is 418 g/mol. The molecule has 3 rings (SSSR count).